The molecule has 1 unspecified atom stereocenters. The first-order valence-corrected chi connectivity index (χ1v) is 14.1. The second-order valence-corrected chi connectivity index (χ2v) is 11.3. The number of carbonyl (C=O) groups excluding carboxylic acids is 2. The van der Waals surface area contributed by atoms with Crippen molar-refractivity contribution in [3.05, 3.63) is 64.7 Å². The first kappa shape index (κ1) is 28.1. The lowest BCUT2D eigenvalue weighted by Gasteiger charge is -2.29. The van der Waals surface area contributed by atoms with Crippen LogP contribution < -0.4 is 5.32 Å². The molecule has 1 atom stereocenters. The van der Waals surface area contributed by atoms with Crippen LogP contribution in [0.25, 0.3) is 0 Å². The zero-order chi connectivity index (χ0) is 26.1. The molecule has 36 heavy (non-hydrogen) atoms. The fourth-order valence-electron chi connectivity index (χ4n) is 4.11. The summed E-state index contributed by atoms with van der Waals surface area (Å²) < 4.78 is 27.0. The Labute approximate surface area is 218 Å². The maximum atomic E-state index is 13.2. The minimum absolute atomic E-state index is 0.0276. The molecule has 1 fully saturated rings. The average Bonchev–Trinajstić information content (AvgIpc) is 3.43. The van der Waals surface area contributed by atoms with Gasteiger partial charge in [-0.3, -0.25) is 9.59 Å². The monoisotopic (exact) mass is 535 g/mol. The molecule has 0 radical (unpaired) electrons. The molecule has 1 aliphatic heterocycles. The third-order valence-corrected chi connectivity index (χ3v) is 8.49. The number of benzene rings is 2. The van der Waals surface area contributed by atoms with E-state index in [1.807, 2.05) is 12.1 Å². The van der Waals surface area contributed by atoms with Crippen molar-refractivity contribution in [1.29, 1.82) is 0 Å². The number of carbonyl (C=O) groups is 2. The minimum Gasteiger partial charge on any atom is -0.396 e. The van der Waals surface area contributed by atoms with Crippen LogP contribution in [0.4, 0.5) is 0 Å². The molecule has 196 valence electrons. The Morgan fingerprint density at radius 2 is 1.67 bits per heavy atom. The maximum absolute atomic E-state index is 13.2. The van der Waals surface area contributed by atoms with Crippen molar-refractivity contribution >= 4 is 33.4 Å². The Bertz CT molecular complexity index is 1120. The van der Waals surface area contributed by atoms with Crippen molar-refractivity contribution < 1.29 is 23.1 Å². The second-order valence-electron chi connectivity index (χ2n) is 8.95. The van der Waals surface area contributed by atoms with Crippen molar-refractivity contribution in [2.45, 2.75) is 56.5 Å². The molecule has 8 nitrogen and oxygen atoms in total. The third-order valence-electron chi connectivity index (χ3n) is 6.32. The van der Waals surface area contributed by atoms with E-state index in [-0.39, 0.29) is 36.3 Å². The standard InChI is InChI=1S/C26H34ClN3O5S/c1-20(26(33)28-15-4-18-31)30(19-22-5-10-23(27)11-6-22)25(32)14-9-21-7-12-24(13-8-21)36(34,35)29-16-2-3-17-29/h5-8,10-13,20,31H,2-4,9,14-19H2,1H3,(H,28,33). The van der Waals surface area contributed by atoms with Gasteiger partial charge in [0.05, 0.1) is 4.90 Å². The predicted octanol–water partition coefficient (Wildman–Crippen LogP) is 2.97. The lowest BCUT2D eigenvalue weighted by Crippen LogP contribution is -2.48. The summed E-state index contributed by atoms with van der Waals surface area (Å²) >= 11 is 5.98. The molecule has 0 saturated carbocycles. The van der Waals surface area contributed by atoms with Crippen molar-refractivity contribution in [3.63, 3.8) is 0 Å². The van der Waals surface area contributed by atoms with Gasteiger partial charge in [0.25, 0.3) is 0 Å². The fourth-order valence-corrected chi connectivity index (χ4v) is 5.75. The van der Waals surface area contributed by atoms with Gasteiger partial charge in [0.2, 0.25) is 21.8 Å². The molecule has 10 heteroatoms. The highest BCUT2D eigenvalue weighted by Gasteiger charge is 2.28. The van der Waals surface area contributed by atoms with Gasteiger partial charge < -0.3 is 15.3 Å². The summed E-state index contributed by atoms with van der Waals surface area (Å²) in [5.74, 6) is -0.481. The van der Waals surface area contributed by atoms with Gasteiger partial charge in [0.15, 0.2) is 0 Å². The zero-order valence-electron chi connectivity index (χ0n) is 20.5. The topological polar surface area (TPSA) is 107 Å². The predicted molar refractivity (Wildman–Crippen MR) is 139 cm³/mol. The van der Waals surface area contributed by atoms with Crippen molar-refractivity contribution in [2.75, 3.05) is 26.2 Å². The lowest BCUT2D eigenvalue weighted by atomic mass is 10.1. The number of nitrogens with one attached hydrogen (secondary N) is 1. The average molecular weight is 536 g/mol. The summed E-state index contributed by atoms with van der Waals surface area (Å²) in [5.41, 5.74) is 1.69. The number of sulfonamides is 1. The van der Waals surface area contributed by atoms with Crippen molar-refractivity contribution in [2.24, 2.45) is 0 Å². The van der Waals surface area contributed by atoms with E-state index in [1.54, 1.807) is 43.3 Å². The van der Waals surface area contributed by atoms with Crippen LogP contribution >= 0.6 is 11.6 Å². The van der Waals surface area contributed by atoms with Gasteiger partial charge in [-0.2, -0.15) is 4.31 Å². The third kappa shape index (κ3) is 7.52. The summed E-state index contributed by atoms with van der Waals surface area (Å²) in [5, 5.41) is 12.3. The highest BCUT2D eigenvalue weighted by atomic mass is 35.5. The van der Waals surface area contributed by atoms with E-state index in [2.05, 4.69) is 5.32 Å². The molecular formula is C26H34ClN3O5S. The summed E-state index contributed by atoms with van der Waals surface area (Å²) in [6.07, 6.45) is 2.78. The normalized spacial score (nSPS) is 15.0. The highest BCUT2D eigenvalue weighted by molar-refractivity contribution is 7.89. The van der Waals surface area contributed by atoms with E-state index < -0.39 is 16.1 Å². The van der Waals surface area contributed by atoms with Gasteiger partial charge in [-0.25, -0.2) is 8.42 Å². The molecule has 2 aromatic carbocycles. The molecule has 1 heterocycles. The molecule has 3 rings (SSSR count). The van der Waals surface area contributed by atoms with Crippen LogP contribution in [0.2, 0.25) is 5.02 Å². The number of nitrogens with zero attached hydrogens (tertiary/aromatic N) is 2. The van der Waals surface area contributed by atoms with Gasteiger partial charge in [-0.1, -0.05) is 35.9 Å². The molecule has 1 saturated heterocycles. The summed E-state index contributed by atoms with van der Waals surface area (Å²) in [6, 6.07) is 13.1. The quantitative estimate of drug-likeness (QED) is 0.406. The van der Waals surface area contributed by atoms with Crippen molar-refractivity contribution in [1.82, 2.24) is 14.5 Å². The number of hydrogen-bond acceptors (Lipinski definition) is 5. The van der Waals surface area contributed by atoms with Gasteiger partial charge in [-0.15, -0.1) is 0 Å². The van der Waals surface area contributed by atoms with Crippen molar-refractivity contribution in [3.8, 4) is 0 Å². The van der Waals surface area contributed by atoms with Gasteiger partial charge in [0.1, 0.15) is 6.04 Å². The number of rotatable bonds is 12. The first-order chi connectivity index (χ1) is 17.2. The Morgan fingerprint density at radius 1 is 1.06 bits per heavy atom. The molecule has 0 aromatic heterocycles. The summed E-state index contributed by atoms with van der Waals surface area (Å²) in [7, 11) is -3.48. The van der Waals surface area contributed by atoms with Gasteiger partial charge >= 0.3 is 0 Å². The second kappa shape index (κ2) is 13.2. The Hall–Kier alpha value is -2.46. The SMILES string of the molecule is CC(C(=O)NCCCO)N(Cc1ccc(Cl)cc1)C(=O)CCc1ccc(S(=O)(=O)N2CCCC2)cc1. The number of amides is 2. The van der Waals surface area contributed by atoms with E-state index in [1.165, 1.54) is 9.21 Å². The largest absolute Gasteiger partial charge is 0.396 e. The smallest absolute Gasteiger partial charge is 0.243 e. The van der Waals surface area contributed by atoms with E-state index in [4.69, 9.17) is 16.7 Å². The molecule has 2 aromatic rings. The number of aliphatic hydroxyl groups is 1. The van der Waals surface area contributed by atoms with Crippen LogP contribution in [0.3, 0.4) is 0 Å². The molecule has 2 N–H and O–H groups in total. The van der Waals surface area contributed by atoms with Crippen LogP contribution in [0, 0.1) is 0 Å². The summed E-state index contributed by atoms with van der Waals surface area (Å²) in [6.45, 7) is 3.33. The van der Waals surface area contributed by atoms with Crippen LogP contribution in [0.5, 0.6) is 0 Å². The zero-order valence-corrected chi connectivity index (χ0v) is 22.1. The Balaban J connectivity index is 1.67. The molecule has 1 aliphatic rings. The van der Waals surface area contributed by atoms with E-state index in [0.29, 0.717) is 37.5 Å². The minimum atomic E-state index is -3.48. The van der Waals surface area contributed by atoms with Gasteiger partial charge in [0, 0.05) is 44.2 Å². The van der Waals surface area contributed by atoms with Crippen LogP contribution in [0.1, 0.15) is 43.7 Å². The van der Waals surface area contributed by atoms with Crippen LogP contribution in [-0.4, -0.2) is 66.8 Å². The maximum Gasteiger partial charge on any atom is 0.243 e. The number of hydrogen-bond donors (Lipinski definition) is 2. The molecule has 2 amide bonds. The molecule has 0 spiro atoms. The summed E-state index contributed by atoms with van der Waals surface area (Å²) in [4.78, 5) is 27.7. The first-order valence-electron chi connectivity index (χ1n) is 12.2. The Morgan fingerprint density at radius 3 is 2.28 bits per heavy atom. The van der Waals surface area contributed by atoms with Crippen LogP contribution in [-0.2, 0) is 32.6 Å². The number of aliphatic hydroxyl groups excluding tert-OH is 1. The lowest BCUT2D eigenvalue weighted by molar-refractivity contribution is -0.140. The highest BCUT2D eigenvalue weighted by Crippen LogP contribution is 2.22. The van der Waals surface area contributed by atoms with Gasteiger partial charge in [-0.05, 0) is 68.0 Å². The van der Waals surface area contributed by atoms with E-state index in [0.717, 1.165) is 24.0 Å². The molecule has 0 bridgehead atoms. The molecule has 0 aliphatic carbocycles. The number of aryl methyl sites for hydroxylation is 1. The fraction of sp³-hybridized carbons (Fsp3) is 0.462. The van der Waals surface area contributed by atoms with Crippen LogP contribution in [0.15, 0.2) is 53.4 Å². The Kier molecular flexibility index (Phi) is 10.3. The number of halogens is 1. The van der Waals surface area contributed by atoms with E-state index >= 15 is 0 Å². The van der Waals surface area contributed by atoms with E-state index in [9.17, 15) is 18.0 Å². The molecular weight excluding hydrogens is 502 g/mol.